The average molecular weight is 265 g/mol. The van der Waals surface area contributed by atoms with Crippen LogP contribution in [0.1, 0.15) is 24.8 Å². The zero-order valence-corrected chi connectivity index (χ0v) is 11.9. The maximum atomic E-state index is 5.96. The summed E-state index contributed by atoms with van der Waals surface area (Å²) < 4.78 is 16.0. The zero-order valence-electron chi connectivity index (χ0n) is 11.9. The molecule has 1 aliphatic rings. The predicted molar refractivity (Wildman–Crippen MR) is 74.9 cm³/mol. The molecule has 1 unspecified atom stereocenters. The van der Waals surface area contributed by atoms with Crippen LogP contribution in [0.3, 0.4) is 0 Å². The monoisotopic (exact) mass is 265 g/mol. The van der Waals surface area contributed by atoms with Gasteiger partial charge in [-0.3, -0.25) is 0 Å². The van der Waals surface area contributed by atoms with Gasteiger partial charge in [0.05, 0.1) is 27.4 Å². The normalized spacial score (nSPS) is 18.5. The van der Waals surface area contributed by atoms with Gasteiger partial charge in [0.2, 0.25) is 0 Å². The quantitative estimate of drug-likeness (QED) is 0.856. The molecule has 4 heteroatoms. The highest BCUT2D eigenvalue weighted by atomic mass is 16.5. The van der Waals surface area contributed by atoms with Crippen molar-refractivity contribution in [2.75, 3.05) is 34.0 Å². The highest BCUT2D eigenvalue weighted by Crippen LogP contribution is 2.40. The molecule has 1 aromatic carbocycles. The second-order valence-electron chi connectivity index (χ2n) is 5.55. The summed E-state index contributed by atoms with van der Waals surface area (Å²) >= 11 is 0. The van der Waals surface area contributed by atoms with E-state index in [1.54, 1.807) is 14.2 Å². The van der Waals surface area contributed by atoms with Crippen molar-refractivity contribution in [1.29, 1.82) is 0 Å². The molecule has 0 aromatic heterocycles. The lowest BCUT2D eigenvalue weighted by Gasteiger charge is -2.40. The Balaban J connectivity index is 2.21. The van der Waals surface area contributed by atoms with E-state index in [9.17, 15) is 0 Å². The molecular formula is C15H23NO3. The molecule has 0 aliphatic carbocycles. The summed E-state index contributed by atoms with van der Waals surface area (Å²) in [6, 6.07) is 5.93. The number of methoxy groups -OCH3 is 2. The van der Waals surface area contributed by atoms with Crippen molar-refractivity contribution in [3.8, 4) is 11.5 Å². The summed E-state index contributed by atoms with van der Waals surface area (Å²) in [5, 5.41) is 0. The topological polar surface area (TPSA) is 53.7 Å². The molecule has 1 saturated heterocycles. The summed E-state index contributed by atoms with van der Waals surface area (Å²) in [5.74, 6) is 1.93. The summed E-state index contributed by atoms with van der Waals surface area (Å²) in [5.41, 5.74) is 7.35. The third kappa shape index (κ3) is 3.01. The molecule has 4 nitrogen and oxygen atoms in total. The van der Waals surface area contributed by atoms with E-state index in [0.29, 0.717) is 6.54 Å². The van der Waals surface area contributed by atoms with Gasteiger partial charge >= 0.3 is 0 Å². The van der Waals surface area contributed by atoms with Gasteiger partial charge in [-0.15, -0.1) is 0 Å². The van der Waals surface area contributed by atoms with Gasteiger partial charge in [0, 0.05) is 17.4 Å². The number of ether oxygens (including phenoxy) is 3. The molecule has 106 valence electrons. The molecule has 19 heavy (non-hydrogen) atoms. The summed E-state index contributed by atoms with van der Waals surface area (Å²) in [6.07, 6.45) is 1.02. The Morgan fingerprint density at radius 1 is 1.32 bits per heavy atom. The molecule has 1 aliphatic heterocycles. The van der Waals surface area contributed by atoms with Gasteiger partial charge in [-0.05, 0) is 24.6 Å². The molecule has 0 amide bonds. The molecular weight excluding hydrogens is 242 g/mol. The highest BCUT2D eigenvalue weighted by molar-refractivity contribution is 5.43. The minimum Gasteiger partial charge on any atom is -0.497 e. The summed E-state index contributed by atoms with van der Waals surface area (Å²) in [4.78, 5) is 0. The molecule has 1 atom stereocenters. The third-order valence-electron chi connectivity index (χ3n) is 3.81. The van der Waals surface area contributed by atoms with Gasteiger partial charge in [0.1, 0.15) is 11.5 Å². The second-order valence-corrected chi connectivity index (χ2v) is 5.55. The Bertz CT molecular complexity index is 429. The van der Waals surface area contributed by atoms with Crippen LogP contribution in [0.25, 0.3) is 0 Å². The minimum atomic E-state index is 0.245. The van der Waals surface area contributed by atoms with Gasteiger partial charge in [-0.25, -0.2) is 0 Å². The minimum absolute atomic E-state index is 0.245. The molecule has 2 N–H and O–H groups in total. The van der Waals surface area contributed by atoms with Crippen LogP contribution in [-0.4, -0.2) is 34.0 Å². The predicted octanol–water partition coefficient (Wildman–Crippen LogP) is 2.17. The standard InChI is InChI=1S/C15H23NO3/c1-15(9-19-10-15)7-11(8-16)13-5-4-12(17-2)6-14(13)18-3/h4-6,11H,7-10,16H2,1-3H3. The third-order valence-corrected chi connectivity index (χ3v) is 3.81. The van der Waals surface area contributed by atoms with E-state index in [-0.39, 0.29) is 11.3 Å². The van der Waals surface area contributed by atoms with Crippen LogP contribution in [0.5, 0.6) is 11.5 Å². The fourth-order valence-corrected chi connectivity index (χ4v) is 2.64. The Morgan fingerprint density at radius 2 is 2.05 bits per heavy atom. The van der Waals surface area contributed by atoms with Gasteiger partial charge in [-0.2, -0.15) is 0 Å². The van der Waals surface area contributed by atoms with E-state index in [1.165, 1.54) is 0 Å². The Kier molecular flexibility index (Phi) is 4.32. The van der Waals surface area contributed by atoms with Crippen LogP contribution in [0.15, 0.2) is 18.2 Å². The number of benzene rings is 1. The van der Waals surface area contributed by atoms with Crippen LogP contribution in [0, 0.1) is 5.41 Å². The number of hydrogen-bond acceptors (Lipinski definition) is 4. The van der Waals surface area contributed by atoms with Crippen LogP contribution >= 0.6 is 0 Å². The van der Waals surface area contributed by atoms with Crippen LogP contribution in [0.4, 0.5) is 0 Å². The Morgan fingerprint density at radius 3 is 2.53 bits per heavy atom. The lowest BCUT2D eigenvalue weighted by atomic mass is 9.77. The van der Waals surface area contributed by atoms with E-state index in [4.69, 9.17) is 19.9 Å². The molecule has 0 bridgehead atoms. The first-order chi connectivity index (χ1) is 9.11. The van der Waals surface area contributed by atoms with E-state index in [2.05, 4.69) is 13.0 Å². The maximum absolute atomic E-state index is 5.96. The van der Waals surface area contributed by atoms with Crippen LogP contribution in [0.2, 0.25) is 0 Å². The lowest BCUT2D eigenvalue weighted by molar-refractivity contribution is -0.108. The number of hydrogen-bond donors (Lipinski definition) is 1. The van der Waals surface area contributed by atoms with Crippen molar-refractivity contribution in [2.45, 2.75) is 19.3 Å². The van der Waals surface area contributed by atoms with E-state index >= 15 is 0 Å². The molecule has 1 aromatic rings. The van der Waals surface area contributed by atoms with Crippen LogP contribution < -0.4 is 15.2 Å². The second kappa shape index (κ2) is 5.80. The van der Waals surface area contributed by atoms with Gasteiger partial charge in [0.25, 0.3) is 0 Å². The summed E-state index contributed by atoms with van der Waals surface area (Å²) in [7, 11) is 3.33. The lowest BCUT2D eigenvalue weighted by Crippen LogP contribution is -2.41. The van der Waals surface area contributed by atoms with E-state index in [1.807, 2.05) is 12.1 Å². The van der Waals surface area contributed by atoms with E-state index < -0.39 is 0 Å². The molecule has 0 radical (unpaired) electrons. The first-order valence-electron chi connectivity index (χ1n) is 6.61. The first-order valence-corrected chi connectivity index (χ1v) is 6.61. The molecule has 0 spiro atoms. The Hall–Kier alpha value is -1.26. The SMILES string of the molecule is COc1ccc(C(CN)CC2(C)COC2)c(OC)c1. The van der Waals surface area contributed by atoms with Gasteiger partial charge < -0.3 is 19.9 Å². The van der Waals surface area contributed by atoms with Crippen molar-refractivity contribution in [1.82, 2.24) is 0 Å². The van der Waals surface area contributed by atoms with Crippen molar-refractivity contribution in [3.05, 3.63) is 23.8 Å². The zero-order chi connectivity index (χ0) is 13.9. The largest absolute Gasteiger partial charge is 0.497 e. The fourth-order valence-electron chi connectivity index (χ4n) is 2.64. The van der Waals surface area contributed by atoms with Crippen molar-refractivity contribution in [3.63, 3.8) is 0 Å². The van der Waals surface area contributed by atoms with Crippen molar-refractivity contribution in [2.24, 2.45) is 11.1 Å². The summed E-state index contributed by atoms with van der Waals surface area (Å²) in [6.45, 7) is 4.50. The number of rotatable bonds is 6. The number of nitrogens with two attached hydrogens (primary N) is 1. The molecule has 1 heterocycles. The van der Waals surface area contributed by atoms with Gasteiger partial charge in [0.15, 0.2) is 0 Å². The first kappa shape index (κ1) is 14.2. The average Bonchev–Trinajstić information content (AvgIpc) is 2.42. The maximum Gasteiger partial charge on any atom is 0.126 e. The fraction of sp³-hybridized carbons (Fsp3) is 0.600. The van der Waals surface area contributed by atoms with Crippen molar-refractivity contribution >= 4 is 0 Å². The van der Waals surface area contributed by atoms with Crippen molar-refractivity contribution < 1.29 is 14.2 Å². The molecule has 0 saturated carbocycles. The molecule has 1 fully saturated rings. The smallest absolute Gasteiger partial charge is 0.126 e. The molecule has 2 rings (SSSR count). The van der Waals surface area contributed by atoms with E-state index in [0.717, 1.165) is 36.7 Å². The Labute approximate surface area is 114 Å². The van der Waals surface area contributed by atoms with Crippen LogP contribution in [-0.2, 0) is 4.74 Å². The van der Waals surface area contributed by atoms with Gasteiger partial charge in [-0.1, -0.05) is 13.0 Å². The highest BCUT2D eigenvalue weighted by Gasteiger charge is 2.36.